The number of H-pyrrole nitrogens is 2. The summed E-state index contributed by atoms with van der Waals surface area (Å²) in [6.45, 7) is 4.47. The second-order valence-corrected chi connectivity index (χ2v) is 4.66. The smallest absolute Gasteiger partial charge is 0.239 e. The number of amides is 1. The van der Waals surface area contributed by atoms with Crippen LogP contribution in [-0.2, 0) is 17.6 Å². The lowest BCUT2D eigenvalue weighted by atomic mass is 10.1. The molecule has 5 N–H and O–H groups in total. The first-order valence-electron chi connectivity index (χ1n) is 6.50. The first-order valence-corrected chi connectivity index (χ1v) is 6.50. The molecule has 8 heteroatoms. The SMILES string of the molecule is Cc1[nH]nc(CCC(=O)NCCc2nc(N)n[nH]2)c1C. The minimum absolute atomic E-state index is 0.00228. The molecule has 0 unspecified atom stereocenters. The van der Waals surface area contributed by atoms with Gasteiger partial charge in [0.15, 0.2) is 0 Å². The minimum Gasteiger partial charge on any atom is -0.367 e. The van der Waals surface area contributed by atoms with Crippen molar-refractivity contribution < 1.29 is 4.79 Å². The van der Waals surface area contributed by atoms with Crippen molar-refractivity contribution in [3.63, 3.8) is 0 Å². The maximum atomic E-state index is 11.7. The lowest BCUT2D eigenvalue weighted by molar-refractivity contribution is -0.121. The van der Waals surface area contributed by atoms with Gasteiger partial charge in [-0.2, -0.15) is 10.1 Å². The fourth-order valence-electron chi connectivity index (χ4n) is 1.84. The molecule has 0 aliphatic carbocycles. The zero-order valence-electron chi connectivity index (χ0n) is 11.7. The van der Waals surface area contributed by atoms with Crippen LogP contribution in [0, 0.1) is 13.8 Å². The number of aromatic nitrogens is 5. The number of nitrogens with zero attached hydrogens (tertiary/aromatic N) is 3. The van der Waals surface area contributed by atoms with E-state index in [0.29, 0.717) is 31.6 Å². The third kappa shape index (κ3) is 3.56. The molecule has 2 aromatic heterocycles. The number of anilines is 1. The summed E-state index contributed by atoms with van der Waals surface area (Å²) in [6.07, 6.45) is 1.64. The monoisotopic (exact) mass is 277 g/mol. The van der Waals surface area contributed by atoms with E-state index in [4.69, 9.17) is 5.73 Å². The van der Waals surface area contributed by atoms with E-state index in [2.05, 4.69) is 30.7 Å². The maximum absolute atomic E-state index is 11.7. The van der Waals surface area contributed by atoms with Crippen LogP contribution in [0.25, 0.3) is 0 Å². The normalized spacial score (nSPS) is 10.7. The van der Waals surface area contributed by atoms with E-state index in [1.54, 1.807) is 0 Å². The molecule has 2 heterocycles. The van der Waals surface area contributed by atoms with Gasteiger partial charge in [-0.1, -0.05) is 0 Å². The highest BCUT2D eigenvalue weighted by Crippen LogP contribution is 2.10. The number of aromatic amines is 2. The van der Waals surface area contributed by atoms with Gasteiger partial charge in [-0.15, -0.1) is 5.10 Å². The standard InChI is InChI=1S/C12H19N7O/c1-7-8(2)16-17-9(7)3-4-11(20)14-6-5-10-15-12(13)19-18-10/h3-6H2,1-2H3,(H,14,20)(H,16,17)(H3,13,15,18,19). The molecule has 0 aliphatic heterocycles. The summed E-state index contributed by atoms with van der Waals surface area (Å²) in [5.74, 6) is 0.884. The van der Waals surface area contributed by atoms with Gasteiger partial charge in [-0.3, -0.25) is 15.0 Å². The van der Waals surface area contributed by atoms with Crippen molar-refractivity contribution in [3.8, 4) is 0 Å². The molecule has 0 spiro atoms. The quantitative estimate of drug-likeness (QED) is 0.592. The number of hydrogen-bond acceptors (Lipinski definition) is 5. The van der Waals surface area contributed by atoms with Gasteiger partial charge in [0.05, 0.1) is 5.69 Å². The van der Waals surface area contributed by atoms with Crippen molar-refractivity contribution >= 4 is 11.9 Å². The van der Waals surface area contributed by atoms with Crippen LogP contribution >= 0.6 is 0 Å². The Labute approximate surface area is 116 Å². The first-order chi connectivity index (χ1) is 9.56. The molecule has 8 nitrogen and oxygen atoms in total. The number of nitrogens with one attached hydrogen (secondary N) is 3. The predicted octanol–water partition coefficient (Wildman–Crippen LogP) is 0.0183. The summed E-state index contributed by atoms with van der Waals surface area (Å²) in [7, 11) is 0. The van der Waals surface area contributed by atoms with E-state index >= 15 is 0 Å². The van der Waals surface area contributed by atoms with E-state index in [1.807, 2.05) is 13.8 Å². The van der Waals surface area contributed by atoms with Crippen molar-refractivity contribution in [2.24, 2.45) is 0 Å². The number of nitrogen functional groups attached to an aromatic ring is 1. The Morgan fingerprint density at radius 3 is 2.65 bits per heavy atom. The molecule has 0 aromatic carbocycles. The summed E-state index contributed by atoms with van der Waals surface area (Å²) in [4.78, 5) is 15.7. The van der Waals surface area contributed by atoms with Gasteiger partial charge >= 0.3 is 0 Å². The first kappa shape index (κ1) is 14.0. The molecule has 0 saturated heterocycles. The molecule has 1 amide bonds. The topological polar surface area (TPSA) is 125 Å². The number of hydrogen-bond donors (Lipinski definition) is 4. The summed E-state index contributed by atoms with van der Waals surface area (Å²) in [5, 5.41) is 16.3. The Balaban J connectivity index is 1.69. The summed E-state index contributed by atoms with van der Waals surface area (Å²) in [6, 6.07) is 0. The van der Waals surface area contributed by atoms with E-state index in [0.717, 1.165) is 17.0 Å². The van der Waals surface area contributed by atoms with Gasteiger partial charge in [0.25, 0.3) is 0 Å². The molecule has 0 aliphatic rings. The lowest BCUT2D eigenvalue weighted by Crippen LogP contribution is -2.26. The van der Waals surface area contributed by atoms with Crippen LogP contribution in [0.2, 0.25) is 0 Å². The minimum atomic E-state index is -0.00228. The van der Waals surface area contributed by atoms with Crippen molar-refractivity contribution in [2.75, 3.05) is 12.3 Å². The average molecular weight is 277 g/mol. The Bertz CT molecular complexity index is 586. The Morgan fingerprint density at radius 1 is 1.25 bits per heavy atom. The largest absolute Gasteiger partial charge is 0.367 e. The van der Waals surface area contributed by atoms with Crippen LogP contribution < -0.4 is 11.1 Å². The van der Waals surface area contributed by atoms with Gasteiger partial charge in [0, 0.05) is 31.5 Å². The number of nitrogens with two attached hydrogens (primary N) is 1. The van der Waals surface area contributed by atoms with Crippen LogP contribution in [0.1, 0.15) is 29.2 Å². The molecule has 0 radical (unpaired) electrons. The highest BCUT2D eigenvalue weighted by atomic mass is 16.1. The Morgan fingerprint density at radius 2 is 2.05 bits per heavy atom. The summed E-state index contributed by atoms with van der Waals surface area (Å²) in [5.41, 5.74) is 8.50. The lowest BCUT2D eigenvalue weighted by Gasteiger charge is -2.03. The second kappa shape index (κ2) is 6.18. The molecule has 108 valence electrons. The molecular formula is C12H19N7O. The van der Waals surface area contributed by atoms with Crippen LogP contribution in [0.15, 0.2) is 0 Å². The van der Waals surface area contributed by atoms with Crippen LogP contribution in [0.4, 0.5) is 5.95 Å². The van der Waals surface area contributed by atoms with Crippen LogP contribution in [-0.4, -0.2) is 37.8 Å². The average Bonchev–Trinajstić information content (AvgIpc) is 2.96. The van der Waals surface area contributed by atoms with E-state index < -0.39 is 0 Å². The highest BCUT2D eigenvalue weighted by Gasteiger charge is 2.08. The summed E-state index contributed by atoms with van der Waals surface area (Å²) < 4.78 is 0. The van der Waals surface area contributed by atoms with Gasteiger partial charge in [-0.25, -0.2) is 0 Å². The third-order valence-corrected chi connectivity index (χ3v) is 3.18. The predicted molar refractivity (Wildman–Crippen MR) is 73.9 cm³/mol. The fraction of sp³-hybridized carbons (Fsp3) is 0.500. The zero-order chi connectivity index (χ0) is 14.5. The number of aryl methyl sites for hydroxylation is 2. The maximum Gasteiger partial charge on any atom is 0.239 e. The van der Waals surface area contributed by atoms with Crippen molar-refractivity contribution in [1.82, 2.24) is 30.7 Å². The Kier molecular flexibility index (Phi) is 4.34. The fourth-order valence-corrected chi connectivity index (χ4v) is 1.84. The molecule has 0 atom stereocenters. The molecule has 0 fully saturated rings. The van der Waals surface area contributed by atoms with Gasteiger partial charge < -0.3 is 11.1 Å². The van der Waals surface area contributed by atoms with Crippen LogP contribution in [0.5, 0.6) is 0 Å². The number of carbonyl (C=O) groups excluding carboxylic acids is 1. The number of rotatable bonds is 6. The number of carbonyl (C=O) groups is 1. The van der Waals surface area contributed by atoms with E-state index in [-0.39, 0.29) is 11.9 Å². The molecule has 2 aromatic rings. The van der Waals surface area contributed by atoms with E-state index in [1.165, 1.54) is 0 Å². The van der Waals surface area contributed by atoms with E-state index in [9.17, 15) is 4.79 Å². The molecule has 2 rings (SSSR count). The van der Waals surface area contributed by atoms with Crippen molar-refractivity contribution in [2.45, 2.75) is 33.1 Å². The highest BCUT2D eigenvalue weighted by molar-refractivity contribution is 5.76. The molecule has 20 heavy (non-hydrogen) atoms. The van der Waals surface area contributed by atoms with Crippen molar-refractivity contribution in [1.29, 1.82) is 0 Å². The van der Waals surface area contributed by atoms with Gasteiger partial charge in [0.2, 0.25) is 11.9 Å². The third-order valence-electron chi connectivity index (χ3n) is 3.18. The second-order valence-electron chi connectivity index (χ2n) is 4.66. The molecular weight excluding hydrogens is 258 g/mol. The molecule has 0 bridgehead atoms. The summed E-state index contributed by atoms with van der Waals surface area (Å²) >= 11 is 0. The molecule has 0 saturated carbocycles. The zero-order valence-corrected chi connectivity index (χ0v) is 11.7. The van der Waals surface area contributed by atoms with Gasteiger partial charge in [0.1, 0.15) is 5.82 Å². The van der Waals surface area contributed by atoms with Gasteiger partial charge in [-0.05, 0) is 19.4 Å². The Hall–Kier alpha value is -2.38. The van der Waals surface area contributed by atoms with Crippen LogP contribution in [0.3, 0.4) is 0 Å². The van der Waals surface area contributed by atoms with Crippen molar-refractivity contribution in [3.05, 3.63) is 22.8 Å².